The van der Waals surface area contributed by atoms with Crippen LogP contribution in [0.4, 0.5) is 5.82 Å². The molecule has 0 fully saturated rings. The lowest BCUT2D eigenvalue weighted by atomic mass is 10.2. The zero-order valence-corrected chi connectivity index (χ0v) is 14.1. The number of hydrogen-bond donors (Lipinski definition) is 2. The number of nitrogens with zero attached hydrogens (tertiary/aromatic N) is 1. The summed E-state index contributed by atoms with van der Waals surface area (Å²) in [6.07, 6.45) is 2.39. The third kappa shape index (κ3) is 5.50. The van der Waals surface area contributed by atoms with Gasteiger partial charge in [0.15, 0.2) is 5.11 Å². The fourth-order valence-corrected chi connectivity index (χ4v) is 2.03. The van der Waals surface area contributed by atoms with Crippen molar-refractivity contribution in [1.82, 2.24) is 10.3 Å². The number of carbonyl (C=O) groups excluding carboxylic acids is 1. The van der Waals surface area contributed by atoms with Gasteiger partial charge in [-0.3, -0.25) is 10.1 Å². The second-order valence-corrected chi connectivity index (χ2v) is 5.49. The van der Waals surface area contributed by atoms with E-state index in [4.69, 9.17) is 28.6 Å². The first-order valence-corrected chi connectivity index (χ1v) is 7.84. The van der Waals surface area contributed by atoms with Gasteiger partial charge in [0.05, 0.1) is 11.6 Å². The van der Waals surface area contributed by atoms with E-state index in [1.165, 1.54) is 6.20 Å². The SMILES string of the molecule is CCCOc1cccc(C(=O)NC(=S)Nc2ccc(Cl)cn2)c1. The van der Waals surface area contributed by atoms with Crippen molar-refractivity contribution in [1.29, 1.82) is 0 Å². The second-order valence-electron chi connectivity index (χ2n) is 4.65. The van der Waals surface area contributed by atoms with E-state index in [2.05, 4.69) is 15.6 Å². The molecular weight excluding hydrogens is 334 g/mol. The second kappa shape index (κ2) is 8.45. The fraction of sp³-hybridized carbons (Fsp3) is 0.188. The highest BCUT2D eigenvalue weighted by atomic mass is 35.5. The van der Waals surface area contributed by atoms with E-state index < -0.39 is 0 Å². The monoisotopic (exact) mass is 349 g/mol. The Morgan fingerprint density at radius 1 is 1.35 bits per heavy atom. The third-order valence-electron chi connectivity index (χ3n) is 2.77. The molecule has 2 rings (SSSR count). The summed E-state index contributed by atoms with van der Waals surface area (Å²) in [4.78, 5) is 16.2. The van der Waals surface area contributed by atoms with E-state index in [0.717, 1.165) is 6.42 Å². The molecule has 0 aliphatic carbocycles. The van der Waals surface area contributed by atoms with Gasteiger partial charge >= 0.3 is 0 Å². The first-order chi connectivity index (χ1) is 11.1. The molecule has 1 aromatic heterocycles. The Morgan fingerprint density at radius 3 is 2.87 bits per heavy atom. The summed E-state index contributed by atoms with van der Waals surface area (Å²) in [5, 5.41) is 6.09. The molecule has 0 radical (unpaired) electrons. The third-order valence-corrected chi connectivity index (χ3v) is 3.19. The van der Waals surface area contributed by atoms with Gasteiger partial charge in [0.1, 0.15) is 11.6 Å². The summed E-state index contributed by atoms with van der Waals surface area (Å²) in [7, 11) is 0. The van der Waals surface area contributed by atoms with Crippen molar-refractivity contribution in [3.63, 3.8) is 0 Å². The Hall–Kier alpha value is -2.18. The van der Waals surface area contributed by atoms with Crippen LogP contribution in [0.15, 0.2) is 42.6 Å². The standard InChI is InChI=1S/C16H16ClN3O2S/c1-2-8-22-13-5-3-4-11(9-13)15(21)20-16(23)19-14-7-6-12(17)10-18-14/h3-7,9-10H,2,8H2,1H3,(H2,18,19,20,21,23). The van der Waals surface area contributed by atoms with Gasteiger partial charge in [0.2, 0.25) is 0 Å². The maximum Gasteiger partial charge on any atom is 0.257 e. The van der Waals surface area contributed by atoms with E-state index in [1.54, 1.807) is 36.4 Å². The zero-order valence-electron chi connectivity index (χ0n) is 12.5. The molecule has 1 amide bonds. The largest absolute Gasteiger partial charge is 0.494 e. The number of rotatable bonds is 5. The Balaban J connectivity index is 1.95. The molecule has 120 valence electrons. The van der Waals surface area contributed by atoms with Gasteiger partial charge in [-0.2, -0.15) is 0 Å². The topological polar surface area (TPSA) is 63.2 Å². The first-order valence-electron chi connectivity index (χ1n) is 7.05. The van der Waals surface area contributed by atoms with Crippen LogP contribution < -0.4 is 15.4 Å². The van der Waals surface area contributed by atoms with Gasteiger partial charge in [0, 0.05) is 11.8 Å². The van der Waals surface area contributed by atoms with Crippen molar-refractivity contribution in [3.05, 3.63) is 53.2 Å². The average molecular weight is 350 g/mol. The van der Waals surface area contributed by atoms with Gasteiger partial charge in [0.25, 0.3) is 5.91 Å². The van der Waals surface area contributed by atoms with Crippen molar-refractivity contribution < 1.29 is 9.53 Å². The minimum Gasteiger partial charge on any atom is -0.494 e. The molecule has 0 spiro atoms. The highest BCUT2D eigenvalue weighted by Gasteiger charge is 2.09. The van der Waals surface area contributed by atoms with Crippen LogP contribution >= 0.6 is 23.8 Å². The summed E-state index contributed by atoms with van der Waals surface area (Å²) in [6, 6.07) is 10.3. The molecule has 0 saturated carbocycles. The summed E-state index contributed by atoms with van der Waals surface area (Å²) < 4.78 is 5.51. The number of halogens is 1. The lowest BCUT2D eigenvalue weighted by Gasteiger charge is -2.10. The van der Waals surface area contributed by atoms with Crippen LogP contribution in [0.1, 0.15) is 23.7 Å². The van der Waals surface area contributed by atoms with Gasteiger partial charge in [-0.1, -0.05) is 24.6 Å². The van der Waals surface area contributed by atoms with Crippen LogP contribution in [0.3, 0.4) is 0 Å². The number of pyridine rings is 1. The molecule has 0 saturated heterocycles. The Bertz CT molecular complexity index is 692. The number of anilines is 1. The molecular formula is C16H16ClN3O2S. The number of ether oxygens (including phenoxy) is 1. The number of benzene rings is 1. The van der Waals surface area contributed by atoms with E-state index >= 15 is 0 Å². The highest BCUT2D eigenvalue weighted by molar-refractivity contribution is 7.80. The zero-order chi connectivity index (χ0) is 16.7. The molecule has 7 heteroatoms. The van der Waals surface area contributed by atoms with Gasteiger partial charge < -0.3 is 10.1 Å². The molecule has 1 heterocycles. The van der Waals surface area contributed by atoms with Gasteiger partial charge in [-0.25, -0.2) is 4.98 Å². The van der Waals surface area contributed by atoms with E-state index in [1.807, 2.05) is 6.92 Å². The van der Waals surface area contributed by atoms with Gasteiger partial charge in [-0.15, -0.1) is 0 Å². The number of hydrogen-bond acceptors (Lipinski definition) is 4. The number of nitrogens with one attached hydrogen (secondary N) is 2. The normalized spacial score (nSPS) is 10.0. The quantitative estimate of drug-likeness (QED) is 0.807. The van der Waals surface area contributed by atoms with Crippen molar-refractivity contribution in [2.24, 2.45) is 0 Å². The Labute approximate surface area is 145 Å². The molecule has 0 aliphatic rings. The number of aromatic nitrogens is 1. The molecule has 1 aromatic carbocycles. The van der Waals surface area contributed by atoms with Crippen molar-refractivity contribution >= 4 is 40.7 Å². The summed E-state index contributed by atoms with van der Waals surface area (Å²) in [5.74, 6) is 0.830. The highest BCUT2D eigenvalue weighted by Crippen LogP contribution is 2.14. The number of amides is 1. The predicted octanol–water partition coefficient (Wildman–Crippen LogP) is 3.65. The molecule has 23 heavy (non-hydrogen) atoms. The van der Waals surface area contributed by atoms with E-state index in [9.17, 15) is 4.79 Å². The van der Waals surface area contributed by atoms with Crippen LogP contribution in [-0.4, -0.2) is 22.6 Å². The molecule has 0 unspecified atom stereocenters. The molecule has 0 aliphatic heterocycles. The Morgan fingerprint density at radius 2 is 2.17 bits per heavy atom. The average Bonchev–Trinajstić information content (AvgIpc) is 2.55. The van der Waals surface area contributed by atoms with Crippen molar-refractivity contribution in [3.8, 4) is 5.75 Å². The van der Waals surface area contributed by atoms with E-state index in [0.29, 0.717) is 28.8 Å². The van der Waals surface area contributed by atoms with Crippen molar-refractivity contribution in [2.45, 2.75) is 13.3 Å². The summed E-state index contributed by atoms with van der Waals surface area (Å²) in [6.45, 7) is 2.62. The minimum absolute atomic E-state index is 0.157. The molecule has 2 aromatic rings. The molecule has 5 nitrogen and oxygen atoms in total. The van der Waals surface area contributed by atoms with Crippen molar-refractivity contribution in [2.75, 3.05) is 11.9 Å². The van der Waals surface area contributed by atoms with Crippen LogP contribution in [-0.2, 0) is 0 Å². The van der Waals surface area contributed by atoms with E-state index in [-0.39, 0.29) is 11.0 Å². The minimum atomic E-state index is -0.321. The lowest BCUT2D eigenvalue weighted by Crippen LogP contribution is -2.34. The number of carbonyl (C=O) groups is 1. The first kappa shape index (κ1) is 17.2. The smallest absolute Gasteiger partial charge is 0.257 e. The molecule has 0 bridgehead atoms. The maximum atomic E-state index is 12.2. The van der Waals surface area contributed by atoms with Gasteiger partial charge in [-0.05, 0) is 49.0 Å². The fourth-order valence-electron chi connectivity index (χ4n) is 1.72. The van der Waals surface area contributed by atoms with Crippen LogP contribution in [0.5, 0.6) is 5.75 Å². The molecule has 0 atom stereocenters. The van der Waals surface area contributed by atoms with Crippen LogP contribution in [0, 0.1) is 0 Å². The van der Waals surface area contributed by atoms with Crippen LogP contribution in [0.2, 0.25) is 5.02 Å². The number of thiocarbonyl (C=S) groups is 1. The maximum absolute atomic E-state index is 12.2. The molecule has 2 N–H and O–H groups in total. The van der Waals surface area contributed by atoms with Crippen LogP contribution in [0.25, 0.3) is 0 Å². The predicted molar refractivity (Wildman–Crippen MR) is 95.2 cm³/mol. The summed E-state index contributed by atoms with van der Waals surface area (Å²) >= 11 is 10.9. The Kier molecular flexibility index (Phi) is 6.31. The summed E-state index contributed by atoms with van der Waals surface area (Å²) in [5.41, 5.74) is 0.465. The lowest BCUT2D eigenvalue weighted by molar-refractivity contribution is 0.0977.